The fourth-order valence-electron chi connectivity index (χ4n) is 2.00. The molecule has 1 aliphatic rings. The zero-order chi connectivity index (χ0) is 11.5. The highest BCUT2D eigenvalue weighted by Crippen LogP contribution is 2.18. The van der Waals surface area contributed by atoms with E-state index in [1.165, 1.54) is 0 Å². The molecular weight excluding hydrogens is 210 g/mol. The van der Waals surface area contributed by atoms with Crippen molar-refractivity contribution in [3.8, 4) is 0 Å². The van der Waals surface area contributed by atoms with Gasteiger partial charge in [-0.15, -0.1) is 0 Å². The summed E-state index contributed by atoms with van der Waals surface area (Å²) in [7, 11) is 0. The predicted octanol–water partition coefficient (Wildman–Crippen LogP) is 0.0870. The van der Waals surface area contributed by atoms with Crippen LogP contribution in [0.25, 0.3) is 0 Å². The van der Waals surface area contributed by atoms with Crippen LogP contribution in [0.2, 0.25) is 0 Å². The highest BCUT2D eigenvalue weighted by Gasteiger charge is 2.24. The standard InChI is InChI=1S/C10H15N3O3/c1-2-16-9(14)7-3-4-8-11-12-10(15)13(8)6-5-7/h7H,2-6H2,1H3,(H,12,15)/t7-/m1/s1. The van der Waals surface area contributed by atoms with Crippen LogP contribution in [0.4, 0.5) is 0 Å². The molecule has 0 saturated carbocycles. The van der Waals surface area contributed by atoms with E-state index in [-0.39, 0.29) is 17.6 Å². The minimum atomic E-state index is -0.195. The Bertz CT molecular complexity index is 435. The van der Waals surface area contributed by atoms with Crippen LogP contribution in [-0.2, 0) is 22.5 Å². The van der Waals surface area contributed by atoms with Crippen LogP contribution in [0.5, 0.6) is 0 Å². The summed E-state index contributed by atoms with van der Waals surface area (Å²) in [6.45, 7) is 2.74. The first kappa shape index (κ1) is 10.9. The Morgan fingerprint density at radius 3 is 3.19 bits per heavy atom. The second-order valence-electron chi connectivity index (χ2n) is 3.87. The van der Waals surface area contributed by atoms with Gasteiger partial charge in [0.2, 0.25) is 0 Å². The van der Waals surface area contributed by atoms with E-state index in [1.807, 2.05) is 0 Å². The first-order valence-corrected chi connectivity index (χ1v) is 5.53. The number of nitrogens with one attached hydrogen (secondary N) is 1. The zero-order valence-corrected chi connectivity index (χ0v) is 9.23. The number of carbonyl (C=O) groups excluding carboxylic acids is 1. The lowest BCUT2D eigenvalue weighted by atomic mass is 10.0. The second-order valence-corrected chi connectivity index (χ2v) is 3.87. The number of hydrogen-bond donors (Lipinski definition) is 1. The van der Waals surface area contributed by atoms with Crippen molar-refractivity contribution >= 4 is 5.97 Å². The van der Waals surface area contributed by atoms with Crippen molar-refractivity contribution in [1.29, 1.82) is 0 Å². The Hall–Kier alpha value is -1.59. The molecule has 2 rings (SSSR count). The number of hydrogen-bond acceptors (Lipinski definition) is 4. The molecule has 0 aliphatic carbocycles. The SMILES string of the molecule is CCOC(=O)[C@@H]1CCc2n[nH]c(=O)n2CC1. The second kappa shape index (κ2) is 4.51. The quantitative estimate of drug-likeness (QED) is 0.723. The number of rotatable bonds is 2. The number of ether oxygens (including phenoxy) is 1. The van der Waals surface area contributed by atoms with Gasteiger partial charge in [-0.25, -0.2) is 9.89 Å². The average molecular weight is 225 g/mol. The Kier molecular flexibility index (Phi) is 3.07. The first-order valence-electron chi connectivity index (χ1n) is 5.53. The molecule has 1 aromatic rings. The van der Waals surface area contributed by atoms with E-state index < -0.39 is 0 Å². The summed E-state index contributed by atoms with van der Waals surface area (Å²) in [5, 5.41) is 6.35. The van der Waals surface area contributed by atoms with Crippen molar-refractivity contribution in [2.75, 3.05) is 6.61 Å². The number of H-pyrrole nitrogens is 1. The summed E-state index contributed by atoms with van der Waals surface area (Å²) >= 11 is 0. The topological polar surface area (TPSA) is 77.0 Å². The van der Waals surface area contributed by atoms with Crippen LogP contribution in [0.1, 0.15) is 25.6 Å². The maximum Gasteiger partial charge on any atom is 0.343 e. The third-order valence-electron chi connectivity index (χ3n) is 2.87. The molecule has 1 aliphatic heterocycles. The molecule has 1 atom stereocenters. The van der Waals surface area contributed by atoms with E-state index in [0.29, 0.717) is 32.4 Å². The highest BCUT2D eigenvalue weighted by atomic mass is 16.5. The maximum absolute atomic E-state index is 11.6. The molecule has 6 nitrogen and oxygen atoms in total. The molecule has 88 valence electrons. The lowest BCUT2D eigenvalue weighted by Crippen LogP contribution is -2.21. The van der Waals surface area contributed by atoms with Crippen LogP contribution >= 0.6 is 0 Å². The molecule has 2 heterocycles. The van der Waals surface area contributed by atoms with Crippen molar-refractivity contribution in [2.24, 2.45) is 5.92 Å². The minimum absolute atomic E-state index is 0.110. The molecule has 0 saturated heterocycles. The fraction of sp³-hybridized carbons (Fsp3) is 0.700. The summed E-state index contributed by atoms with van der Waals surface area (Å²) in [6.07, 6.45) is 1.98. The van der Waals surface area contributed by atoms with Crippen molar-refractivity contribution in [2.45, 2.75) is 32.7 Å². The van der Waals surface area contributed by atoms with Gasteiger partial charge in [0.15, 0.2) is 0 Å². The fourth-order valence-corrected chi connectivity index (χ4v) is 2.00. The Balaban J connectivity index is 2.07. The van der Waals surface area contributed by atoms with Gasteiger partial charge >= 0.3 is 11.7 Å². The number of nitrogens with zero attached hydrogens (tertiary/aromatic N) is 2. The van der Waals surface area contributed by atoms with Crippen molar-refractivity contribution in [1.82, 2.24) is 14.8 Å². The molecule has 0 spiro atoms. The van der Waals surface area contributed by atoms with Gasteiger partial charge in [-0.1, -0.05) is 0 Å². The molecule has 6 heteroatoms. The van der Waals surface area contributed by atoms with Gasteiger partial charge < -0.3 is 4.74 Å². The molecule has 0 radical (unpaired) electrons. The van der Waals surface area contributed by atoms with E-state index >= 15 is 0 Å². The van der Waals surface area contributed by atoms with E-state index in [0.717, 1.165) is 5.82 Å². The number of carbonyl (C=O) groups is 1. The van der Waals surface area contributed by atoms with E-state index in [9.17, 15) is 9.59 Å². The molecule has 0 aromatic carbocycles. The number of aromatic amines is 1. The summed E-state index contributed by atoms with van der Waals surface area (Å²) in [6, 6.07) is 0. The summed E-state index contributed by atoms with van der Waals surface area (Å²) in [4.78, 5) is 22.9. The number of aromatic nitrogens is 3. The average Bonchev–Trinajstić information content (AvgIpc) is 2.51. The van der Waals surface area contributed by atoms with Crippen LogP contribution in [-0.4, -0.2) is 27.3 Å². The summed E-state index contributed by atoms with van der Waals surface area (Å²) in [5.41, 5.74) is -0.195. The van der Waals surface area contributed by atoms with Crippen molar-refractivity contribution in [3.63, 3.8) is 0 Å². The van der Waals surface area contributed by atoms with Crippen LogP contribution in [0.3, 0.4) is 0 Å². The van der Waals surface area contributed by atoms with Gasteiger partial charge in [0.05, 0.1) is 12.5 Å². The smallest absolute Gasteiger partial charge is 0.343 e. The third-order valence-corrected chi connectivity index (χ3v) is 2.87. The molecule has 1 N–H and O–H groups in total. The van der Waals surface area contributed by atoms with Crippen molar-refractivity contribution in [3.05, 3.63) is 16.3 Å². The molecule has 0 unspecified atom stereocenters. The van der Waals surface area contributed by atoms with Gasteiger partial charge in [0, 0.05) is 13.0 Å². The zero-order valence-electron chi connectivity index (χ0n) is 9.23. The van der Waals surface area contributed by atoms with E-state index in [2.05, 4.69) is 10.2 Å². The van der Waals surface area contributed by atoms with Gasteiger partial charge in [0.25, 0.3) is 0 Å². The van der Waals surface area contributed by atoms with Gasteiger partial charge in [-0.05, 0) is 19.8 Å². The lowest BCUT2D eigenvalue weighted by molar-refractivity contribution is -0.148. The molecular formula is C10H15N3O3. The monoisotopic (exact) mass is 225 g/mol. The van der Waals surface area contributed by atoms with Crippen LogP contribution < -0.4 is 5.69 Å². The van der Waals surface area contributed by atoms with Gasteiger partial charge in [-0.3, -0.25) is 9.36 Å². The molecule has 0 bridgehead atoms. The van der Waals surface area contributed by atoms with Gasteiger partial charge in [0.1, 0.15) is 5.82 Å². The predicted molar refractivity (Wildman–Crippen MR) is 55.9 cm³/mol. The molecule has 0 fully saturated rings. The highest BCUT2D eigenvalue weighted by molar-refractivity contribution is 5.72. The largest absolute Gasteiger partial charge is 0.466 e. The molecule has 0 amide bonds. The van der Waals surface area contributed by atoms with Crippen LogP contribution in [0, 0.1) is 5.92 Å². The van der Waals surface area contributed by atoms with E-state index in [4.69, 9.17) is 4.74 Å². The Morgan fingerprint density at radius 2 is 2.44 bits per heavy atom. The first-order chi connectivity index (χ1) is 7.72. The summed E-state index contributed by atoms with van der Waals surface area (Å²) in [5.74, 6) is 0.461. The third kappa shape index (κ3) is 2.00. The van der Waals surface area contributed by atoms with Crippen molar-refractivity contribution < 1.29 is 9.53 Å². The lowest BCUT2D eigenvalue weighted by Gasteiger charge is -2.11. The minimum Gasteiger partial charge on any atom is -0.466 e. The van der Waals surface area contributed by atoms with Gasteiger partial charge in [-0.2, -0.15) is 5.10 Å². The Labute approximate surface area is 92.6 Å². The number of fused-ring (bicyclic) bond motifs is 1. The van der Waals surface area contributed by atoms with Crippen LogP contribution in [0.15, 0.2) is 4.79 Å². The summed E-state index contributed by atoms with van der Waals surface area (Å²) < 4.78 is 6.58. The maximum atomic E-state index is 11.6. The Morgan fingerprint density at radius 1 is 1.62 bits per heavy atom. The molecule has 1 aromatic heterocycles. The normalized spacial score (nSPS) is 19.9. The number of aryl methyl sites for hydroxylation is 1. The molecule has 16 heavy (non-hydrogen) atoms. The number of esters is 1. The van der Waals surface area contributed by atoms with E-state index in [1.54, 1.807) is 11.5 Å².